The Kier molecular flexibility index (Phi) is 3.25. The number of nitrogens with zero attached hydrogens (tertiary/aromatic N) is 1. The fourth-order valence-electron chi connectivity index (χ4n) is 1.79. The molecular weight excluding hydrogens is 190 g/mol. The third kappa shape index (κ3) is 2.18. The predicted octanol–water partition coefficient (Wildman–Crippen LogP) is 3.24. The van der Waals surface area contributed by atoms with E-state index in [2.05, 4.69) is 23.7 Å². The highest BCUT2D eigenvalue weighted by Gasteiger charge is 2.10. The van der Waals surface area contributed by atoms with Gasteiger partial charge in [0.2, 0.25) is 0 Å². The lowest BCUT2D eigenvalue weighted by Crippen LogP contribution is -2.05. The van der Waals surface area contributed by atoms with Crippen molar-refractivity contribution >= 4 is 11.8 Å². The molecule has 1 aromatic rings. The summed E-state index contributed by atoms with van der Waals surface area (Å²) in [5.74, 6) is 0.950. The fourth-order valence-corrected chi connectivity index (χ4v) is 2.41. The number of pyridine rings is 1. The molecular formula is C12H15NS. The summed E-state index contributed by atoms with van der Waals surface area (Å²) in [5.41, 5.74) is 2.78. The van der Waals surface area contributed by atoms with E-state index in [0.717, 1.165) is 17.2 Å². The maximum atomic E-state index is 4.67. The largest absolute Gasteiger partial charge is 0.246 e. The van der Waals surface area contributed by atoms with Gasteiger partial charge in [0.25, 0.3) is 0 Å². The highest BCUT2D eigenvalue weighted by molar-refractivity contribution is 7.99. The molecule has 0 saturated carbocycles. The van der Waals surface area contributed by atoms with Gasteiger partial charge in [-0.25, -0.2) is 4.98 Å². The second-order valence-electron chi connectivity index (χ2n) is 3.56. The maximum absolute atomic E-state index is 4.67. The van der Waals surface area contributed by atoms with Gasteiger partial charge in [0, 0.05) is 11.4 Å². The van der Waals surface area contributed by atoms with Crippen LogP contribution in [0, 0.1) is 0 Å². The molecule has 1 heterocycles. The molecule has 2 rings (SSSR count). The minimum Gasteiger partial charge on any atom is -0.246 e. The Morgan fingerprint density at radius 3 is 3.07 bits per heavy atom. The molecule has 74 valence electrons. The van der Waals surface area contributed by atoms with Crippen LogP contribution in [0.3, 0.4) is 0 Å². The Bertz CT molecular complexity index is 333. The zero-order chi connectivity index (χ0) is 9.80. The van der Waals surface area contributed by atoms with Crippen molar-refractivity contribution in [3.63, 3.8) is 0 Å². The van der Waals surface area contributed by atoms with E-state index in [-0.39, 0.29) is 0 Å². The van der Waals surface area contributed by atoms with Gasteiger partial charge >= 0.3 is 0 Å². The van der Waals surface area contributed by atoms with Crippen LogP contribution in [0.25, 0.3) is 0 Å². The van der Waals surface area contributed by atoms with E-state index in [1.807, 2.05) is 6.08 Å². The summed E-state index contributed by atoms with van der Waals surface area (Å²) < 4.78 is 0. The number of aromatic nitrogens is 1. The fraction of sp³-hybridized carbons (Fsp3) is 0.417. The van der Waals surface area contributed by atoms with E-state index in [0.29, 0.717) is 0 Å². The zero-order valence-corrected chi connectivity index (χ0v) is 9.15. The van der Waals surface area contributed by atoms with Crippen LogP contribution in [-0.2, 0) is 12.8 Å². The van der Waals surface area contributed by atoms with Crippen LogP contribution in [0.2, 0.25) is 0 Å². The highest BCUT2D eigenvalue weighted by Crippen LogP contribution is 2.23. The molecule has 0 radical (unpaired) electrons. The van der Waals surface area contributed by atoms with E-state index in [1.54, 1.807) is 11.8 Å². The zero-order valence-electron chi connectivity index (χ0n) is 8.33. The second-order valence-corrected chi connectivity index (χ2v) is 4.60. The summed E-state index contributed by atoms with van der Waals surface area (Å²) in [6, 6.07) is 4.38. The topological polar surface area (TPSA) is 12.9 Å². The number of hydrogen-bond donors (Lipinski definition) is 0. The van der Waals surface area contributed by atoms with Crippen molar-refractivity contribution in [2.45, 2.75) is 30.7 Å². The van der Waals surface area contributed by atoms with E-state index in [9.17, 15) is 0 Å². The van der Waals surface area contributed by atoms with Crippen LogP contribution in [0.5, 0.6) is 0 Å². The summed E-state index contributed by atoms with van der Waals surface area (Å²) >= 11 is 1.76. The Hall–Kier alpha value is -0.760. The predicted molar refractivity (Wildman–Crippen MR) is 61.8 cm³/mol. The van der Waals surface area contributed by atoms with E-state index in [1.165, 1.54) is 30.5 Å². The highest BCUT2D eigenvalue weighted by atomic mass is 32.2. The van der Waals surface area contributed by atoms with Gasteiger partial charge in [-0.3, -0.25) is 0 Å². The summed E-state index contributed by atoms with van der Waals surface area (Å²) in [6.45, 7) is 3.71. The molecule has 2 heteroatoms. The summed E-state index contributed by atoms with van der Waals surface area (Å²) in [5, 5.41) is 1.14. The quantitative estimate of drug-likeness (QED) is 0.555. The lowest BCUT2D eigenvalue weighted by Gasteiger charge is -2.14. The molecule has 0 bridgehead atoms. The Morgan fingerprint density at radius 2 is 2.21 bits per heavy atom. The number of thioether (sulfide) groups is 1. The monoisotopic (exact) mass is 205 g/mol. The molecule has 0 fully saturated rings. The molecule has 0 saturated heterocycles. The van der Waals surface area contributed by atoms with E-state index in [4.69, 9.17) is 0 Å². The SMILES string of the molecule is C=CCSc1ccc2c(n1)CCCC2. The van der Waals surface area contributed by atoms with Crippen molar-refractivity contribution in [2.24, 2.45) is 0 Å². The Balaban J connectivity index is 2.16. The van der Waals surface area contributed by atoms with Crippen LogP contribution in [0.15, 0.2) is 29.8 Å². The van der Waals surface area contributed by atoms with Gasteiger partial charge in [0.1, 0.15) is 0 Å². The van der Waals surface area contributed by atoms with E-state index >= 15 is 0 Å². The Labute approximate surface area is 89.6 Å². The average molecular weight is 205 g/mol. The molecule has 0 amide bonds. The standard InChI is InChI=1S/C12H15NS/c1-2-9-14-12-8-7-10-5-3-4-6-11(10)13-12/h2,7-8H,1,3-6,9H2. The van der Waals surface area contributed by atoms with Crippen LogP contribution < -0.4 is 0 Å². The summed E-state index contributed by atoms with van der Waals surface area (Å²) in [4.78, 5) is 4.67. The third-order valence-corrected chi connectivity index (χ3v) is 3.43. The van der Waals surface area contributed by atoms with Crippen molar-refractivity contribution < 1.29 is 0 Å². The molecule has 0 unspecified atom stereocenters. The van der Waals surface area contributed by atoms with Gasteiger partial charge in [-0.2, -0.15) is 0 Å². The first-order valence-corrected chi connectivity index (χ1v) is 6.11. The minimum atomic E-state index is 0.950. The normalized spacial score (nSPS) is 14.9. The molecule has 1 aliphatic rings. The smallest absolute Gasteiger partial charge is 0.0966 e. The van der Waals surface area contributed by atoms with Crippen LogP contribution >= 0.6 is 11.8 Å². The van der Waals surface area contributed by atoms with Crippen molar-refractivity contribution in [3.8, 4) is 0 Å². The number of aryl methyl sites for hydroxylation is 2. The van der Waals surface area contributed by atoms with E-state index < -0.39 is 0 Å². The summed E-state index contributed by atoms with van der Waals surface area (Å²) in [6.07, 6.45) is 6.93. The molecule has 0 N–H and O–H groups in total. The van der Waals surface area contributed by atoms with Crippen LogP contribution in [-0.4, -0.2) is 10.7 Å². The second kappa shape index (κ2) is 4.65. The lowest BCUT2D eigenvalue weighted by atomic mass is 9.96. The van der Waals surface area contributed by atoms with Crippen molar-refractivity contribution in [3.05, 3.63) is 36.0 Å². The molecule has 0 spiro atoms. The third-order valence-electron chi connectivity index (χ3n) is 2.50. The van der Waals surface area contributed by atoms with Crippen molar-refractivity contribution in [1.29, 1.82) is 0 Å². The molecule has 1 nitrogen and oxygen atoms in total. The molecule has 1 aromatic heterocycles. The van der Waals surface area contributed by atoms with Crippen molar-refractivity contribution in [1.82, 2.24) is 4.98 Å². The number of rotatable bonds is 3. The molecule has 0 atom stereocenters. The Morgan fingerprint density at radius 1 is 1.36 bits per heavy atom. The van der Waals surface area contributed by atoms with Gasteiger partial charge in [-0.05, 0) is 37.3 Å². The average Bonchev–Trinajstić information content (AvgIpc) is 2.26. The first-order chi connectivity index (χ1) is 6.90. The van der Waals surface area contributed by atoms with Gasteiger partial charge < -0.3 is 0 Å². The minimum absolute atomic E-state index is 0.950. The van der Waals surface area contributed by atoms with Gasteiger partial charge in [0.05, 0.1) is 5.03 Å². The molecule has 0 aliphatic heterocycles. The first-order valence-electron chi connectivity index (χ1n) is 5.12. The lowest BCUT2D eigenvalue weighted by molar-refractivity contribution is 0.661. The number of fused-ring (bicyclic) bond motifs is 1. The van der Waals surface area contributed by atoms with Crippen molar-refractivity contribution in [2.75, 3.05) is 5.75 Å². The van der Waals surface area contributed by atoms with Gasteiger partial charge in [-0.15, -0.1) is 18.3 Å². The number of hydrogen-bond acceptors (Lipinski definition) is 2. The maximum Gasteiger partial charge on any atom is 0.0966 e. The van der Waals surface area contributed by atoms with Gasteiger partial charge in [-0.1, -0.05) is 12.1 Å². The van der Waals surface area contributed by atoms with Gasteiger partial charge in [0.15, 0.2) is 0 Å². The van der Waals surface area contributed by atoms with Crippen LogP contribution in [0.1, 0.15) is 24.1 Å². The molecule has 1 aliphatic carbocycles. The first kappa shape index (κ1) is 9.78. The molecule has 14 heavy (non-hydrogen) atoms. The molecule has 0 aromatic carbocycles. The summed E-state index contributed by atoms with van der Waals surface area (Å²) in [7, 11) is 0. The van der Waals surface area contributed by atoms with Crippen LogP contribution in [0.4, 0.5) is 0 Å².